The summed E-state index contributed by atoms with van der Waals surface area (Å²) < 4.78 is 11.0. The first-order valence-electron chi connectivity index (χ1n) is 7.49. The molecule has 0 amide bonds. The summed E-state index contributed by atoms with van der Waals surface area (Å²) in [7, 11) is 0. The molecule has 2 aromatic carbocycles. The van der Waals surface area contributed by atoms with Crippen molar-refractivity contribution in [3.05, 3.63) is 65.9 Å². The van der Waals surface area contributed by atoms with Crippen LogP contribution < -0.4 is 0 Å². The Balaban J connectivity index is 2.10. The molecule has 0 radical (unpaired) electrons. The molecule has 0 saturated carbocycles. The van der Waals surface area contributed by atoms with Gasteiger partial charge >= 0.3 is 5.97 Å². The second kappa shape index (κ2) is 6.48. The van der Waals surface area contributed by atoms with Gasteiger partial charge in [-0.05, 0) is 26.0 Å². The third-order valence-electron chi connectivity index (χ3n) is 3.43. The average molecular weight is 307 g/mol. The molecule has 4 heteroatoms. The van der Waals surface area contributed by atoms with Gasteiger partial charge in [0, 0.05) is 11.1 Å². The van der Waals surface area contributed by atoms with E-state index in [4.69, 9.17) is 9.15 Å². The minimum Gasteiger partial charge on any atom is -0.461 e. The van der Waals surface area contributed by atoms with Crippen LogP contribution in [0.25, 0.3) is 22.8 Å². The molecule has 0 saturated heterocycles. The molecule has 4 nitrogen and oxygen atoms in total. The molecular formula is C19H17NO3. The Bertz CT molecular complexity index is 804. The Hall–Kier alpha value is -2.88. The SMILES string of the molecule is CCOC(=O)c1nc(-c2ccc(C)cc2)oc1-c1ccccc1. The molecule has 0 aliphatic rings. The maximum Gasteiger partial charge on any atom is 0.361 e. The van der Waals surface area contributed by atoms with Gasteiger partial charge in [0.1, 0.15) is 0 Å². The minimum atomic E-state index is -0.478. The van der Waals surface area contributed by atoms with Crippen molar-refractivity contribution in [3.63, 3.8) is 0 Å². The maximum absolute atomic E-state index is 12.2. The van der Waals surface area contributed by atoms with Gasteiger partial charge in [-0.2, -0.15) is 0 Å². The van der Waals surface area contributed by atoms with Crippen LogP contribution in [0, 0.1) is 6.92 Å². The van der Waals surface area contributed by atoms with Gasteiger partial charge in [0.15, 0.2) is 11.5 Å². The lowest BCUT2D eigenvalue weighted by Gasteiger charge is -2.00. The molecule has 1 aromatic heterocycles. The highest BCUT2D eigenvalue weighted by atomic mass is 16.5. The summed E-state index contributed by atoms with van der Waals surface area (Å²) in [5.74, 6) is 0.361. The fourth-order valence-corrected chi connectivity index (χ4v) is 2.26. The van der Waals surface area contributed by atoms with E-state index in [0.717, 1.165) is 16.7 Å². The van der Waals surface area contributed by atoms with Gasteiger partial charge in [0.05, 0.1) is 6.61 Å². The van der Waals surface area contributed by atoms with E-state index in [2.05, 4.69) is 4.98 Å². The summed E-state index contributed by atoms with van der Waals surface area (Å²) in [6, 6.07) is 17.2. The topological polar surface area (TPSA) is 52.3 Å². The molecule has 0 aliphatic carbocycles. The smallest absolute Gasteiger partial charge is 0.361 e. The first kappa shape index (κ1) is 15.0. The van der Waals surface area contributed by atoms with Crippen molar-refractivity contribution in [2.24, 2.45) is 0 Å². The van der Waals surface area contributed by atoms with Crippen molar-refractivity contribution in [2.75, 3.05) is 6.61 Å². The van der Waals surface area contributed by atoms with Crippen LogP contribution in [-0.2, 0) is 4.74 Å². The van der Waals surface area contributed by atoms with Crippen molar-refractivity contribution >= 4 is 5.97 Å². The molecule has 0 atom stereocenters. The number of hydrogen-bond acceptors (Lipinski definition) is 4. The van der Waals surface area contributed by atoms with E-state index >= 15 is 0 Å². The number of oxazole rings is 1. The standard InChI is InChI=1S/C19H17NO3/c1-3-22-19(21)16-17(14-7-5-4-6-8-14)23-18(20-16)15-11-9-13(2)10-12-15/h4-12H,3H2,1-2H3. The van der Waals surface area contributed by atoms with Crippen LogP contribution in [-0.4, -0.2) is 17.6 Å². The van der Waals surface area contributed by atoms with E-state index in [1.165, 1.54) is 0 Å². The number of aryl methyl sites for hydroxylation is 1. The molecule has 0 bridgehead atoms. The van der Waals surface area contributed by atoms with Crippen LogP contribution in [0.4, 0.5) is 0 Å². The molecule has 1 heterocycles. The summed E-state index contributed by atoms with van der Waals surface area (Å²) >= 11 is 0. The predicted molar refractivity (Wildman–Crippen MR) is 88.1 cm³/mol. The second-order valence-electron chi connectivity index (χ2n) is 5.15. The maximum atomic E-state index is 12.2. The van der Waals surface area contributed by atoms with E-state index in [9.17, 15) is 4.79 Å². The quantitative estimate of drug-likeness (QED) is 0.666. The lowest BCUT2D eigenvalue weighted by Crippen LogP contribution is -2.06. The first-order chi connectivity index (χ1) is 11.2. The lowest BCUT2D eigenvalue weighted by atomic mass is 10.1. The fraction of sp³-hybridized carbons (Fsp3) is 0.158. The molecule has 3 aromatic rings. The number of ether oxygens (including phenoxy) is 1. The summed E-state index contributed by atoms with van der Waals surface area (Å²) in [5, 5.41) is 0. The number of rotatable bonds is 4. The Labute approximate surface area is 134 Å². The third kappa shape index (κ3) is 3.16. The van der Waals surface area contributed by atoms with Crippen LogP contribution >= 0.6 is 0 Å². The summed E-state index contributed by atoms with van der Waals surface area (Å²) in [5.41, 5.74) is 2.97. The lowest BCUT2D eigenvalue weighted by molar-refractivity contribution is 0.0520. The number of nitrogens with zero attached hydrogens (tertiary/aromatic N) is 1. The van der Waals surface area contributed by atoms with E-state index < -0.39 is 5.97 Å². The molecule has 3 rings (SSSR count). The summed E-state index contributed by atoms with van der Waals surface area (Å²) in [4.78, 5) is 16.6. The monoisotopic (exact) mass is 307 g/mol. The molecule has 0 N–H and O–H groups in total. The third-order valence-corrected chi connectivity index (χ3v) is 3.43. The van der Waals surface area contributed by atoms with Crippen molar-refractivity contribution < 1.29 is 13.9 Å². The molecule has 0 aliphatic heterocycles. The van der Waals surface area contributed by atoms with Crippen LogP contribution in [0.15, 0.2) is 59.0 Å². The van der Waals surface area contributed by atoms with Gasteiger partial charge in [0.25, 0.3) is 0 Å². The molecule has 116 valence electrons. The average Bonchev–Trinajstić information content (AvgIpc) is 3.02. The van der Waals surface area contributed by atoms with E-state index in [0.29, 0.717) is 18.3 Å². The van der Waals surface area contributed by atoms with Gasteiger partial charge in [-0.15, -0.1) is 0 Å². The largest absolute Gasteiger partial charge is 0.461 e. The molecule has 0 fully saturated rings. The highest BCUT2D eigenvalue weighted by Gasteiger charge is 2.23. The number of carbonyl (C=O) groups excluding carboxylic acids is 1. The summed E-state index contributed by atoms with van der Waals surface area (Å²) in [6.45, 7) is 4.07. The normalized spacial score (nSPS) is 10.5. The molecule has 23 heavy (non-hydrogen) atoms. The predicted octanol–water partition coefficient (Wildman–Crippen LogP) is 4.49. The highest BCUT2D eigenvalue weighted by Crippen LogP contribution is 2.30. The minimum absolute atomic E-state index is 0.202. The Morgan fingerprint density at radius 3 is 2.39 bits per heavy atom. The zero-order chi connectivity index (χ0) is 16.2. The molecule has 0 unspecified atom stereocenters. The zero-order valence-corrected chi connectivity index (χ0v) is 13.1. The molecule has 0 spiro atoms. The van der Waals surface area contributed by atoms with Gasteiger partial charge in [0.2, 0.25) is 5.89 Å². The fourth-order valence-electron chi connectivity index (χ4n) is 2.26. The number of benzene rings is 2. The number of carbonyl (C=O) groups is 1. The molecular weight excluding hydrogens is 290 g/mol. The van der Waals surface area contributed by atoms with Crippen LogP contribution in [0.5, 0.6) is 0 Å². The van der Waals surface area contributed by atoms with Gasteiger partial charge < -0.3 is 9.15 Å². The van der Waals surface area contributed by atoms with Crippen molar-refractivity contribution in [1.82, 2.24) is 4.98 Å². The Kier molecular flexibility index (Phi) is 4.24. The van der Waals surface area contributed by atoms with E-state index in [1.54, 1.807) is 6.92 Å². The van der Waals surface area contributed by atoms with E-state index in [1.807, 2.05) is 61.5 Å². The number of hydrogen-bond donors (Lipinski definition) is 0. The Morgan fingerprint density at radius 1 is 1.04 bits per heavy atom. The van der Waals surface area contributed by atoms with Crippen molar-refractivity contribution in [2.45, 2.75) is 13.8 Å². The van der Waals surface area contributed by atoms with Crippen molar-refractivity contribution in [3.8, 4) is 22.8 Å². The summed E-state index contributed by atoms with van der Waals surface area (Å²) in [6.07, 6.45) is 0. The van der Waals surface area contributed by atoms with E-state index in [-0.39, 0.29) is 5.69 Å². The highest BCUT2D eigenvalue weighted by molar-refractivity contribution is 5.94. The van der Waals surface area contributed by atoms with Crippen LogP contribution in [0.1, 0.15) is 23.0 Å². The first-order valence-corrected chi connectivity index (χ1v) is 7.49. The van der Waals surface area contributed by atoms with Crippen LogP contribution in [0.2, 0.25) is 0 Å². The van der Waals surface area contributed by atoms with Gasteiger partial charge in [-0.25, -0.2) is 9.78 Å². The zero-order valence-electron chi connectivity index (χ0n) is 13.1. The van der Waals surface area contributed by atoms with Gasteiger partial charge in [-0.3, -0.25) is 0 Å². The number of esters is 1. The van der Waals surface area contributed by atoms with Gasteiger partial charge in [-0.1, -0.05) is 48.0 Å². The van der Waals surface area contributed by atoms with Crippen molar-refractivity contribution in [1.29, 1.82) is 0 Å². The van der Waals surface area contributed by atoms with Crippen LogP contribution in [0.3, 0.4) is 0 Å². The second-order valence-corrected chi connectivity index (χ2v) is 5.15. The number of aromatic nitrogens is 1. The Morgan fingerprint density at radius 2 is 1.74 bits per heavy atom.